The van der Waals surface area contributed by atoms with Crippen molar-refractivity contribution in [3.63, 3.8) is 0 Å². The van der Waals surface area contributed by atoms with Gasteiger partial charge in [-0.25, -0.2) is 0 Å². The van der Waals surface area contributed by atoms with E-state index in [-0.39, 0.29) is 6.10 Å². The molecular weight excluding hydrogens is 250 g/mol. The van der Waals surface area contributed by atoms with Crippen molar-refractivity contribution in [1.82, 2.24) is 15.0 Å². The second-order valence-corrected chi connectivity index (χ2v) is 5.18. The summed E-state index contributed by atoms with van der Waals surface area (Å²) in [5.41, 5.74) is 0.988. The average Bonchev–Trinajstić information content (AvgIpc) is 2.95. The third-order valence-corrected chi connectivity index (χ3v) is 3.26. The van der Waals surface area contributed by atoms with Crippen LogP contribution >= 0.6 is 11.3 Å². The predicted octanol–water partition coefficient (Wildman–Crippen LogP) is 2.00. The maximum absolute atomic E-state index is 9.22. The van der Waals surface area contributed by atoms with Gasteiger partial charge in [-0.05, 0) is 31.8 Å². The average molecular weight is 267 g/mol. The first-order valence-corrected chi connectivity index (χ1v) is 6.81. The molecule has 0 aliphatic rings. The smallest absolute Gasteiger partial charge is 0.241 e. The fourth-order valence-electron chi connectivity index (χ4n) is 1.55. The highest BCUT2D eigenvalue weighted by Crippen LogP contribution is 2.18. The fourth-order valence-corrected chi connectivity index (χ4v) is 2.18. The molecule has 0 bridgehead atoms. The molecule has 1 atom stereocenters. The number of aromatic nitrogens is 2. The topological polar surface area (TPSA) is 62.4 Å². The number of nitrogens with zero attached hydrogens (tertiary/aromatic N) is 3. The summed E-state index contributed by atoms with van der Waals surface area (Å²) >= 11 is 1.61. The summed E-state index contributed by atoms with van der Waals surface area (Å²) in [6, 6.07) is 1.97. The normalized spacial score (nSPS) is 13.1. The molecule has 18 heavy (non-hydrogen) atoms. The molecule has 0 spiro atoms. The lowest BCUT2D eigenvalue weighted by molar-refractivity contribution is 0.158. The Morgan fingerprint density at radius 2 is 2.39 bits per heavy atom. The van der Waals surface area contributed by atoms with Crippen molar-refractivity contribution in [2.75, 3.05) is 13.6 Å². The molecule has 2 rings (SSSR count). The van der Waals surface area contributed by atoms with Crippen molar-refractivity contribution in [2.24, 2.45) is 0 Å². The molecule has 0 saturated heterocycles. The number of rotatable bonds is 6. The Morgan fingerprint density at radius 1 is 1.56 bits per heavy atom. The lowest BCUT2D eigenvalue weighted by atomic mass is 10.3. The maximum atomic E-state index is 9.22. The SMILES string of the molecule is CC(O)CCN(C)Cc1nc(-c2ccsc2)no1. The molecule has 0 radical (unpaired) electrons. The second kappa shape index (κ2) is 6.08. The van der Waals surface area contributed by atoms with E-state index in [4.69, 9.17) is 4.52 Å². The predicted molar refractivity (Wildman–Crippen MR) is 70.2 cm³/mol. The Morgan fingerprint density at radius 3 is 3.06 bits per heavy atom. The van der Waals surface area contributed by atoms with Gasteiger partial charge in [-0.15, -0.1) is 0 Å². The van der Waals surface area contributed by atoms with Crippen molar-refractivity contribution in [1.29, 1.82) is 0 Å². The molecule has 5 nitrogen and oxygen atoms in total. The first kappa shape index (κ1) is 13.2. The van der Waals surface area contributed by atoms with Gasteiger partial charge in [0, 0.05) is 17.5 Å². The van der Waals surface area contributed by atoms with Gasteiger partial charge in [0.1, 0.15) is 0 Å². The molecule has 0 saturated carbocycles. The Labute approximate surface area is 110 Å². The third kappa shape index (κ3) is 3.63. The Bertz CT molecular complexity index is 467. The minimum atomic E-state index is -0.281. The molecule has 2 aromatic rings. The zero-order valence-electron chi connectivity index (χ0n) is 10.5. The largest absolute Gasteiger partial charge is 0.393 e. The number of aliphatic hydroxyl groups is 1. The summed E-state index contributed by atoms with van der Waals surface area (Å²) in [5.74, 6) is 1.24. The molecule has 0 aliphatic carbocycles. The van der Waals surface area contributed by atoms with Crippen LogP contribution in [0.4, 0.5) is 0 Å². The Hall–Kier alpha value is -1.24. The van der Waals surface area contributed by atoms with E-state index >= 15 is 0 Å². The molecule has 0 fully saturated rings. The molecule has 0 aliphatic heterocycles. The van der Waals surface area contributed by atoms with Crippen molar-refractivity contribution < 1.29 is 9.63 Å². The fraction of sp³-hybridized carbons (Fsp3) is 0.500. The van der Waals surface area contributed by atoms with Gasteiger partial charge in [0.25, 0.3) is 0 Å². The van der Waals surface area contributed by atoms with Gasteiger partial charge in [-0.3, -0.25) is 4.90 Å². The Kier molecular flexibility index (Phi) is 4.46. The van der Waals surface area contributed by atoms with Crippen LogP contribution in [0.15, 0.2) is 21.3 Å². The highest BCUT2D eigenvalue weighted by molar-refractivity contribution is 7.08. The molecule has 1 N–H and O–H groups in total. The molecule has 0 amide bonds. The van der Waals surface area contributed by atoms with Gasteiger partial charge in [-0.1, -0.05) is 5.16 Å². The summed E-state index contributed by atoms with van der Waals surface area (Å²) in [6.45, 7) is 3.19. The zero-order chi connectivity index (χ0) is 13.0. The van der Waals surface area contributed by atoms with Gasteiger partial charge in [0.2, 0.25) is 11.7 Å². The third-order valence-electron chi connectivity index (χ3n) is 2.58. The summed E-state index contributed by atoms with van der Waals surface area (Å²) in [4.78, 5) is 6.40. The molecule has 98 valence electrons. The molecule has 0 aromatic carbocycles. The van der Waals surface area contributed by atoms with Gasteiger partial charge < -0.3 is 9.63 Å². The van der Waals surface area contributed by atoms with Gasteiger partial charge >= 0.3 is 0 Å². The first-order valence-electron chi connectivity index (χ1n) is 5.87. The standard InChI is InChI=1S/C12H17N3O2S/c1-9(16)3-5-15(2)7-11-13-12(14-17-11)10-4-6-18-8-10/h4,6,8-9,16H,3,5,7H2,1-2H3. The maximum Gasteiger partial charge on any atom is 0.241 e. The number of thiophene rings is 1. The number of aliphatic hydroxyl groups excluding tert-OH is 1. The summed E-state index contributed by atoms with van der Waals surface area (Å²) in [7, 11) is 1.97. The van der Waals surface area contributed by atoms with Crippen molar-refractivity contribution in [3.8, 4) is 11.4 Å². The van der Waals surface area contributed by atoms with Gasteiger partial charge in [-0.2, -0.15) is 16.3 Å². The van der Waals surface area contributed by atoms with Crippen LogP contribution in [0.25, 0.3) is 11.4 Å². The summed E-state index contributed by atoms with van der Waals surface area (Å²) in [5, 5.41) is 17.1. The van der Waals surface area contributed by atoms with E-state index in [2.05, 4.69) is 15.0 Å². The first-order chi connectivity index (χ1) is 8.65. The lowest BCUT2D eigenvalue weighted by Crippen LogP contribution is -2.22. The molecule has 6 heteroatoms. The van der Waals surface area contributed by atoms with E-state index < -0.39 is 0 Å². The lowest BCUT2D eigenvalue weighted by Gasteiger charge is -2.14. The van der Waals surface area contributed by atoms with Crippen LogP contribution in [0.5, 0.6) is 0 Å². The van der Waals surface area contributed by atoms with Gasteiger partial charge in [0.15, 0.2) is 0 Å². The minimum Gasteiger partial charge on any atom is -0.393 e. The van der Waals surface area contributed by atoms with E-state index in [9.17, 15) is 5.11 Å². The van der Waals surface area contributed by atoms with E-state index in [0.717, 1.165) is 18.5 Å². The number of hydrogen-bond donors (Lipinski definition) is 1. The van der Waals surface area contributed by atoms with Gasteiger partial charge in [0.05, 0.1) is 12.6 Å². The van der Waals surface area contributed by atoms with E-state index in [1.807, 2.05) is 23.9 Å². The van der Waals surface area contributed by atoms with Crippen LogP contribution in [0.2, 0.25) is 0 Å². The van der Waals surface area contributed by atoms with Crippen LogP contribution < -0.4 is 0 Å². The van der Waals surface area contributed by atoms with Crippen molar-refractivity contribution >= 4 is 11.3 Å². The van der Waals surface area contributed by atoms with E-state index in [1.165, 1.54) is 0 Å². The van der Waals surface area contributed by atoms with Crippen molar-refractivity contribution in [2.45, 2.75) is 26.0 Å². The van der Waals surface area contributed by atoms with Crippen LogP contribution in [0, 0.1) is 0 Å². The molecule has 2 heterocycles. The summed E-state index contributed by atoms with van der Waals surface area (Å²) in [6.07, 6.45) is 0.457. The highest BCUT2D eigenvalue weighted by Gasteiger charge is 2.11. The quantitative estimate of drug-likeness (QED) is 0.867. The van der Waals surface area contributed by atoms with Crippen LogP contribution in [0.1, 0.15) is 19.2 Å². The second-order valence-electron chi connectivity index (χ2n) is 4.40. The Balaban J connectivity index is 1.90. The molecule has 1 unspecified atom stereocenters. The highest BCUT2D eigenvalue weighted by atomic mass is 32.1. The number of hydrogen-bond acceptors (Lipinski definition) is 6. The van der Waals surface area contributed by atoms with Crippen LogP contribution in [-0.4, -0.2) is 39.8 Å². The molecular formula is C12H17N3O2S. The minimum absolute atomic E-state index is 0.281. The monoisotopic (exact) mass is 267 g/mol. The van der Waals surface area contributed by atoms with E-state index in [0.29, 0.717) is 18.3 Å². The van der Waals surface area contributed by atoms with E-state index in [1.54, 1.807) is 18.3 Å². The molecule has 2 aromatic heterocycles. The van der Waals surface area contributed by atoms with Crippen molar-refractivity contribution in [3.05, 3.63) is 22.7 Å². The summed E-state index contributed by atoms with van der Waals surface area (Å²) < 4.78 is 5.21. The zero-order valence-corrected chi connectivity index (χ0v) is 11.4. The van der Waals surface area contributed by atoms with Crippen LogP contribution in [0.3, 0.4) is 0 Å². The van der Waals surface area contributed by atoms with Crippen LogP contribution in [-0.2, 0) is 6.54 Å².